The first-order chi connectivity index (χ1) is 8.68. The second kappa shape index (κ2) is 5.61. The number of aromatic nitrogens is 2. The summed E-state index contributed by atoms with van der Waals surface area (Å²) in [6.07, 6.45) is 1.19. The molecule has 19 heavy (non-hydrogen) atoms. The fraction of sp³-hybridized carbons (Fsp3) is 0.692. The molecule has 1 heterocycles. The number of rotatable bonds is 4. The molecule has 4 N–H and O–H groups in total. The van der Waals surface area contributed by atoms with Gasteiger partial charge < -0.3 is 20.8 Å². The van der Waals surface area contributed by atoms with Crippen LogP contribution in [-0.2, 0) is 10.2 Å². The maximum Gasteiger partial charge on any atom is 0.407 e. The summed E-state index contributed by atoms with van der Waals surface area (Å²) >= 11 is 0. The molecule has 0 aromatic carbocycles. The van der Waals surface area contributed by atoms with Crippen LogP contribution < -0.4 is 11.1 Å². The molecular formula is C13H24N4O2. The Morgan fingerprint density at radius 2 is 2.11 bits per heavy atom. The third-order valence-electron chi connectivity index (χ3n) is 2.87. The summed E-state index contributed by atoms with van der Waals surface area (Å²) < 4.78 is 5.21. The molecule has 0 aliphatic rings. The fourth-order valence-electron chi connectivity index (χ4n) is 1.80. The van der Waals surface area contributed by atoms with Crippen LogP contribution in [-0.4, -0.2) is 34.8 Å². The van der Waals surface area contributed by atoms with Gasteiger partial charge in [-0.05, 0) is 27.7 Å². The summed E-state index contributed by atoms with van der Waals surface area (Å²) in [6.45, 7) is 10.1. The summed E-state index contributed by atoms with van der Waals surface area (Å²) in [5.74, 6) is 0. The maximum absolute atomic E-state index is 11.7. The highest BCUT2D eigenvalue weighted by Gasteiger charge is 2.30. The van der Waals surface area contributed by atoms with Crippen molar-refractivity contribution in [2.45, 2.75) is 45.6 Å². The summed E-state index contributed by atoms with van der Waals surface area (Å²) in [6, 6.07) is 0. The van der Waals surface area contributed by atoms with Gasteiger partial charge in [-0.25, -0.2) is 9.78 Å². The minimum absolute atomic E-state index is 0.379. The highest BCUT2D eigenvalue weighted by molar-refractivity contribution is 5.67. The zero-order valence-electron chi connectivity index (χ0n) is 12.3. The van der Waals surface area contributed by atoms with Crippen molar-refractivity contribution in [1.82, 2.24) is 15.3 Å². The minimum atomic E-state index is -0.508. The molecule has 0 spiro atoms. The number of ether oxygens (including phenoxy) is 1. The molecule has 0 saturated heterocycles. The van der Waals surface area contributed by atoms with E-state index in [9.17, 15) is 4.79 Å². The van der Waals surface area contributed by atoms with Crippen LogP contribution in [0.15, 0.2) is 6.33 Å². The van der Waals surface area contributed by atoms with E-state index in [0.717, 1.165) is 11.4 Å². The maximum atomic E-state index is 11.7. The number of hydrogen-bond donors (Lipinski definition) is 3. The van der Waals surface area contributed by atoms with Crippen LogP contribution in [0.3, 0.4) is 0 Å². The van der Waals surface area contributed by atoms with Gasteiger partial charge in [0.25, 0.3) is 0 Å². The molecule has 1 unspecified atom stereocenters. The van der Waals surface area contributed by atoms with Crippen molar-refractivity contribution in [3.63, 3.8) is 0 Å². The number of aromatic amines is 1. The Morgan fingerprint density at radius 3 is 2.53 bits per heavy atom. The Kier molecular flexibility index (Phi) is 4.57. The zero-order chi connectivity index (χ0) is 14.7. The third kappa shape index (κ3) is 4.24. The summed E-state index contributed by atoms with van der Waals surface area (Å²) in [7, 11) is 0. The zero-order valence-corrected chi connectivity index (χ0v) is 12.3. The van der Waals surface area contributed by atoms with Gasteiger partial charge in [0.1, 0.15) is 5.60 Å². The fourth-order valence-corrected chi connectivity index (χ4v) is 1.80. The van der Waals surface area contributed by atoms with Crippen LogP contribution in [0.2, 0.25) is 0 Å². The Bertz CT molecular complexity index is 436. The molecule has 0 aliphatic heterocycles. The van der Waals surface area contributed by atoms with E-state index in [-0.39, 0.29) is 0 Å². The number of H-pyrrole nitrogens is 1. The van der Waals surface area contributed by atoms with Crippen LogP contribution in [0.25, 0.3) is 0 Å². The van der Waals surface area contributed by atoms with E-state index in [1.54, 1.807) is 6.33 Å². The lowest BCUT2D eigenvalue weighted by Crippen LogP contribution is -2.45. The van der Waals surface area contributed by atoms with Crippen molar-refractivity contribution >= 4 is 6.09 Å². The smallest absolute Gasteiger partial charge is 0.407 e. The average molecular weight is 268 g/mol. The topological polar surface area (TPSA) is 93.0 Å². The molecule has 6 heteroatoms. The molecule has 6 nitrogen and oxygen atoms in total. The number of nitrogens with one attached hydrogen (secondary N) is 2. The minimum Gasteiger partial charge on any atom is -0.444 e. The first-order valence-electron chi connectivity index (χ1n) is 6.35. The Balaban J connectivity index is 2.68. The lowest BCUT2D eigenvalue weighted by Gasteiger charge is -2.28. The molecule has 1 aromatic heterocycles. The molecule has 1 amide bonds. The van der Waals surface area contributed by atoms with Gasteiger partial charge in [0.2, 0.25) is 0 Å². The van der Waals surface area contributed by atoms with E-state index in [1.807, 2.05) is 34.6 Å². The molecule has 1 aromatic rings. The molecule has 0 bridgehead atoms. The highest BCUT2D eigenvalue weighted by atomic mass is 16.6. The lowest BCUT2D eigenvalue weighted by molar-refractivity contribution is 0.0516. The largest absolute Gasteiger partial charge is 0.444 e. The van der Waals surface area contributed by atoms with E-state index in [1.165, 1.54) is 0 Å². The quantitative estimate of drug-likeness (QED) is 0.770. The summed E-state index contributed by atoms with van der Waals surface area (Å²) in [5, 5.41) is 2.75. The normalized spacial score (nSPS) is 14.8. The number of nitrogens with zero attached hydrogens (tertiary/aromatic N) is 1. The van der Waals surface area contributed by atoms with Crippen LogP contribution in [0.4, 0.5) is 4.79 Å². The molecule has 108 valence electrons. The first kappa shape index (κ1) is 15.5. The Labute approximate surface area is 114 Å². The van der Waals surface area contributed by atoms with Crippen molar-refractivity contribution in [3.05, 3.63) is 17.7 Å². The van der Waals surface area contributed by atoms with Crippen LogP contribution >= 0.6 is 0 Å². The van der Waals surface area contributed by atoms with Gasteiger partial charge in [-0.2, -0.15) is 0 Å². The number of nitrogens with two attached hydrogens (primary N) is 1. The summed E-state index contributed by atoms with van der Waals surface area (Å²) in [5.41, 5.74) is 6.73. The average Bonchev–Trinajstić information content (AvgIpc) is 2.71. The standard InChI is InChI=1S/C13H24N4O2/c1-9-10(17-8-16-9)13(5,6-14)7-15-11(18)19-12(2,3)4/h8H,6-7,14H2,1-5H3,(H,15,18)(H,16,17). The second-order valence-corrected chi connectivity index (χ2v) is 6.00. The number of carbonyl (C=O) groups excluding carboxylic acids is 1. The van der Waals surface area contributed by atoms with E-state index in [4.69, 9.17) is 10.5 Å². The number of imidazole rings is 1. The lowest BCUT2D eigenvalue weighted by atomic mass is 9.85. The van der Waals surface area contributed by atoms with Crippen molar-refractivity contribution in [1.29, 1.82) is 0 Å². The van der Waals surface area contributed by atoms with Crippen LogP contribution in [0, 0.1) is 6.92 Å². The van der Waals surface area contributed by atoms with Crippen LogP contribution in [0.5, 0.6) is 0 Å². The number of amides is 1. The predicted octanol–water partition coefficient (Wildman–Crippen LogP) is 1.46. The monoisotopic (exact) mass is 268 g/mol. The van der Waals surface area contributed by atoms with Crippen LogP contribution in [0.1, 0.15) is 39.1 Å². The van der Waals surface area contributed by atoms with Crippen molar-refractivity contribution < 1.29 is 9.53 Å². The predicted molar refractivity (Wildman–Crippen MR) is 74.0 cm³/mol. The first-order valence-corrected chi connectivity index (χ1v) is 6.35. The van der Waals surface area contributed by atoms with E-state index in [0.29, 0.717) is 13.1 Å². The third-order valence-corrected chi connectivity index (χ3v) is 2.87. The number of alkyl carbamates (subject to hydrolysis) is 1. The Hall–Kier alpha value is -1.56. The molecule has 1 rings (SSSR count). The van der Waals surface area contributed by atoms with Gasteiger partial charge in [-0.15, -0.1) is 0 Å². The molecular weight excluding hydrogens is 244 g/mol. The molecule has 0 saturated carbocycles. The van der Waals surface area contributed by atoms with E-state index >= 15 is 0 Å². The number of hydrogen-bond acceptors (Lipinski definition) is 4. The van der Waals surface area contributed by atoms with Gasteiger partial charge in [-0.1, -0.05) is 6.92 Å². The molecule has 0 fully saturated rings. The van der Waals surface area contributed by atoms with E-state index in [2.05, 4.69) is 15.3 Å². The second-order valence-electron chi connectivity index (χ2n) is 6.00. The molecule has 1 atom stereocenters. The SMILES string of the molecule is Cc1[nH]cnc1C(C)(CN)CNC(=O)OC(C)(C)C. The van der Waals surface area contributed by atoms with Gasteiger partial charge in [-0.3, -0.25) is 0 Å². The van der Waals surface area contributed by atoms with Crippen molar-refractivity contribution in [2.24, 2.45) is 5.73 Å². The molecule has 0 aliphatic carbocycles. The van der Waals surface area contributed by atoms with Crippen molar-refractivity contribution in [3.8, 4) is 0 Å². The van der Waals surface area contributed by atoms with Gasteiger partial charge in [0.05, 0.1) is 12.0 Å². The van der Waals surface area contributed by atoms with E-state index < -0.39 is 17.1 Å². The summed E-state index contributed by atoms with van der Waals surface area (Å²) in [4.78, 5) is 19.0. The van der Waals surface area contributed by atoms with Gasteiger partial charge in [0.15, 0.2) is 0 Å². The van der Waals surface area contributed by atoms with Crippen molar-refractivity contribution in [2.75, 3.05) is 13.1 Å². The van der Waals surface area contributed by atoms with Gasteiger partial charge >= 0.3 is 6.09 Å². The number of carbonyl (C=O) groups is 1. The number of aryl methyl sites for hydroxylation is 1. The highest BCUT2D eigenvalue weighted by Crippen LogP contribution is 2.22. The van der Waals surface area contributed by atoms with Gasteiger partial charge in [0, 0.05) is 24.2 Å². The molecule has 0 radical (unpaired) electrons. The Morgan fingerprint density at radius 1 is 1.47 bits per heavy atom.